The lowest BCUT2D eigenvalue weighted by Gasteiger charge is -2.10. The lowest BCUT2D eigenvalue weighted by molar-refractivity contribution is -0.105. The third kappa shape index (κ3) is 2.56. The first-order valence-electron chi connectivity index (χ1n) is 3.15. The average Bonchev–Trinajstić information content (AvgIpc) is 2.13. The average molecular weight is 148 g/mol. The molecule has 1 unspecified atom stereocenters. The monoisotopic (exact) mass is 148 g/mol. The van der Waals surface area contributed by atoms with E-state index in [1.807, 2.05) is 11.8 Å². The largest absolute Gasteiger partial charge is 0.355 e. The van der Waals surface area contributed by atoms with Gasteiger partial charge in [0, 0.05) is 12.9 Å². The summed E-state index contributed by atoms with van der Waals surface area (Å²) in [6.07, 6.45) is 1.20. The molecule has 1 atom stereocenters. The summed E-state index contributed by atoms with van der Waals surface area (Å²) >= 11 is 1.90. The third-order valence-electron chi connectivity index (χ3n) is 1.25. The first-order valence-corrected chi connectivity index (χ1v) is 4.31. The maximum Gasteiger partial charge on any atom is 0.166 e. The van der Waals surface area contributed by atoms with E-state index < -0.39 is 0 Å². The second-order valence-electron chi connectivity index (χ2n) is 1.96. The van der Waals surface area contributed by atoms with E-state index in [4.69, 9.17) is 9.47 Å². The Bertz CT molecular complexity index is 69.5. The van der Waals surface area contributed by atoms with Gasteiger partial charge in [-0.05, 0) is 12.2 Å². The van der Waals surface area contributed by atoms with Gasteiger partial charge >= 0.3 is 0 Å². The van der Waals surface area contributed by atoms with Gasteiger partial charge in [0.05, 0.1) is 6.61 Å². The van der Waals surface area contributed by atoms with Gasteiger partial charge in [-0.25, -0.2) is 0 Å². The molecule has 3 heteroatoms. The SMILES string of the molecule is COC1CSCCCO1. The van der Waals surface area contributed by atoms with E-state index in [1.54, 1.807) is 7.11 Å². The Balaban J connectivity index is 2.18. The number of hydrogen-bond acceptors (Lipinski definition) is 3. The second kappa shape index (κ2) is 4.14. The van der Waals surface area contributed by atoms with Crippen molar-refractivity contribution in [2.75, 3.05) is 25.2 Å². The maximum absolute atomic E-state index is 5.31. The maximum atomic E-state index is 5.31. The van der Waals surface area contributed by atoms with Crippen LogP contribution in [0.25, 0.3) is 0 Å². The molecule has 0 radical (unpaired) electrons. The van der Waals surface area contributed by atoms with Crippen molar-refractivity contribution in [3.8, 4) is 0 Å². The molecule has 1 aliphatic rings. The smallest absolute Gasteiger partial charge is 0.166 e. The minimum atomic E-state index is 0.0394. The fraction of sp³-hybridized carbons (Fsp3) is 1.00. The van der Waals surface area contributed by atoms with Gasteiger partial charge in [-0.1, -0.05) is 0 Å². The van der Waals surface area contributed by atoms with Crippen LogP contribution in [0.5, 0.6) is 0 Å². The first kappa shape index (κ1) is 7.38. The van der Waals surface area contributed by atoms with Gasteiger partial charge in [0.2, 0.25) is 0 Å². The molecule has 0 spiro atoms. The predicted octanol–water partition coefficient (Wildman–Crippen LogP) is 1.11. The van der Waals surface area contributed by atoms with E-state index in [0.717, 1.165) is 18.8 Å². The van der Waals surface area contributed by atoms with Crippen molar-refractivity contribution in [1.29, 1.82) is 0 Å². The van der Waals surface area contributed by atoms with Gasteiger partial charge in [-0.15, -0.1) is 0 Å². The molecule has 2 nitrogen and oxygen atoms in total. The van der Waals surface area contributed by atoms with Crippen LogP contribution in [0.1, 0.15) is 6.42 Å². The van der Waals surface area contributed by atoms with Crippen molar-refractivity contribution >= 4 is 11.8 Å². The molecule has 0 aromatic carbocycles. The quantitative estimate of drug-likeness (QED) is 0.555. The molecule has 0 saturated carbocycles. The van der Waals surface area contributed by atoms with Gasteiger partial charge in [-0.3, -0.25) is 0 Å². The summed E-state index contributed by atoms with van der Waals surface area (Å²) < 4.78 is 10.3. The van der Waals surface area contributed by atoms with Crippen LogP contribution in [0.15, 0.2) is 0 Å². The van der Waals surface area contributed by atoms with E-state index >= 15 is 0 Å². The fourth-order valence-electron chi connectivity index (χ4n) is 0.740. The van der Waals surface area contributed by atoms with Crippen molar-refractivity contribution in [2.24, 2.45) is 0 Å². The van der Waals surface area contributed by atoms with Crippen molar-refractivity contribution in [1.82, 2.24) is 0 Å². The van der Waals surface area contributed by atoms with Crippen molar-refractivity contribution in [3.63, 3.8) is 0 Å². The Kier molecular flexibility index (Phi) is 3.40. The molecule has 0 aliphatic carbocycles. The van der Waals surface area contributed by atoms with E-state index in [0.29, 0.717) is 0 Å². The zero-order chi connectivity index (χ0) is 6.53. The Hall–Kier alpha value is 0.270. The lowest BCUT2D eigenvalue weighted by atomic mass is 10.5. The molecule has 1 saturated heterocycles. The van der Waals surface area contributed by atoms with Crippen LogP contribution in [0, 0.1) is 0 Å². The van der Waals surface area contributed by atoms with Crippen LogP contribution < -0.4 is 0 Å². The van der Waals surface area contributed by atoms with Gasteiger partial charge < -0.3 is 9.47 Å². The minimum absolute atomic E-state index is 0.0394. The summed E-state index contributed by atoms with van der Waals surface area (Å²) in [5.41, 5.74) is 0. The Morgan fingerprint density at radius 1 is 1.67 bits per heavy atom. The molecule has 1 heterocycles. The van der Waals surface area contributed by atoms with Crippen LogP contribution in [0.2, 0.25) is 0 Å². The number of hydrogen-bond donors (Lipinski definition) is 0. The lowest BCUT2D eigenvalue weighted by Crippen LogP contribution is -2.16. The summed E-state index contributed by atoms with van der Waals surface area (Å²) in [4.78, 5) is 0. The van der Waals surface area contributed by atoms with Crippen molar-refractivity contribution in [3.05, 3.63) is 0 Å². The number of thioether (sulfide) groups is 1. The summed E-state index contributed by atoms with van der Waals surface area (Å²) in [7, 11) is 1.69. The Labute approximate surface area is 59.9 Å². The third-order valence-corrected chi connectivity index (χ3v) is 2.34. The predicted molar refractivity (Wildman–Crippen MR) is 38.7 cm³/mol. The summed E-state index contributed by atoms with van der Waals surface area (Å²) in [5, 5.41) is 0. The number of ether oxygens (including phenoxy) is 2. The molecule has 1 rings (SSSR count). The van der Waals surface area contributed by atoms with Crippen molar-refractivity contribution < 1.29 is 9.47 Å². The summed E-state index contributed by atoms with van der Waals surface area (Å²) in [6.45, 7) is 0.853. The van der Waals surface area contributed by atoms with Gasteiger partial charge in [0.1, 0.15) is 0 Å². The minimum Gasteiger partial charge on any atom is -0.355 e. The molecule has 0 bridgehead atoms. The first-order chi connectivity index (χ1) is 4.43. The molecular formula is C6H12O2S. The zero-order valence-corrected chi connectivity index (χ0v) is 6.45. The van der Waals surface area contributed by atoms with Crippen LogP contribution in [-0.2, 0) is 9.47 Å². The van der Waals surface area contributed by atoms with Gasteiger partial charge in [0.15, 0.2) is 6.29 Å². The normalized spacial score (nSPS) is 29.7. The van der Waals surface area contributed by atoms with E-state index in [1.165, 1.54) is 5.75 Å². The number of methoxy groups -OCH3 is 1. The van der Waals surface area contributed by atoms with E-state index in [2.05, 4.69) is 0 Å². The van der Waals surface area contributed by atoms with Crippen LogP contribution in [0.4, 0.5) is 0 Å². The Morgan fingerprint density at radius 3 is 3.33 bits per heavy atom. The van der Waals surface area contributed by atoms with Crippen molar-refractivity contribution in [2.45, 2.75) is 12.7 Å². The fourth-order valence-corrected chi connectivity index (χ4v) is 1.65. The molecule has 54 valence electrons. The molecule has 0 aromatic rings. The highest BCUT2D eigenvalue weighted by Crippen LogP contribution is 2.12. The molecule has 9 heavy (non-hydrogen) atoms. The molecule has 1 fully saturated rings. The number of rotatable bonds is 1. The van der Waals surface area contributed by atoms with Gasteiger partial charge in [0.25, 0.3) is 0 Å². The van der Waals surface area contributed by atoms with Gasteiger partial charge in [-0.2, -0.15) is 11.8 Å². The summed E-state index contributed by atoms with van der Waals surface area (Å²) in [6, 6.07) is 0. The Morgan fingerprint density at radius 2 is 2.56 bits per heavy atom. The highest BCUT2D eigenvalue weighted by Gasteiger charge is 2.09. The molecule has 0 amide bonds. The highest BCUT2D eigenvalue weighted by molar-refractivity contribution is 7.99. The molecular weight excluding hydrogens is 136 g/mol. The zero-order valence-electron chi connectivity index (χ0n) is 5.63. The van der Waals surface area contributed by atoms with E-state index in [-0.39, 0.29) is 6.29 Å². The second-order valence-corrected chi connectivity index (χ2v) is 3.11. The molecule has 0 N–H and O–H groups in total. The van der Waals surface area contributed by atoms with Crippen LogP contribution >= 0.6 is 11.8 Å². The summed E-state index contributed by atoms with van der Waals surface area (Å²) in [5.74, 6) is 2.19. The van der Waals surface area contributed by atoms with E-state index in [9.17, 15) is 0 Å². The topological polar surface area (TPSA) is 18.5 Å². The molecule has 0 aromatic heterocycles. The highest BCUT2D eigenvalue weighted by atomic mass is 32.2. The van der Waals surface area contributed by atoms with Crippen LogP contribution in [-0.4, -0.2) is 31.5 Å². The standard InChI is InChI=1S/C6H12O2S/c1-7-6-5-9-4-2-3-8-6/h6H,2-5H2,1H3. The van der Waals surface area contributed by atoms with Crippen LogP contribution in [0.3, 0.4) is 0 Å². The molecule has 1 aliphatic heterocycles.